The van der Waals surface area contributed by atoms with Crippen molar-refractivity contribution >= 4 is 23.0 Å². The summed E-state index contributed by atoms with van der Waals surface area (Å²) in [6.45, 7) is 0.365. The van der Waals surface area contributed by atoms with Gasteiger partial charge in [-0.05, 0) is 24.7 Å². The van der Waals surface area contributed by atoms with Crippen molar-refractivity contribution in [1.29, 1.82) is 0 Å². The first kappa shape index (κ1) is 18.2. The van der Waals surface area contributed by atoms with E-state index in [4.69, 9.17) is 12.2 Å². The highest BCUT2D eigenvalue weighted by molar-refractivity contribution is 7.80. The maximum absolute atomic E-state index is 12.0. The molecule has 0 saturated heterocycles. The van der Waals surface area contributed by atoms with E-state index in [2.05, 4.69) is 20.5 Å². The number of ether oxygens (including phenoxy) is 1. The lowest BCUT2D eigenvalue weighted by atomic mass is 10.1. The smallest absolute Gasteiger partial charge is 0.356 e. The molecule has 0 saturated carbocycles. The zero-order chi connectivity index (χ0) is 17.6. The highest BCUT2D eigenvalue weighted by atomic mass is 32.1. The molecule has 9 heteroatoms. The second kappa shape index (κ2) is 8.11. The molecule has 0 aliphatic carbocycles. The summed E-state index contributed by atoms with van der Waals surface area (Å²) in [5, 5.41) is 10.3. The topological polar surface area (TPSA) is 51.1 Å². The predicted octanol–water partition coefficient (Wildman–Crippen LogP) is 3.47. The van der Waals surface area contributed by atoms with Gasteiger partial charge in [-0.3, -0.25) is 0 Å². The van der Waals surface area contributed by atoms with Gasteiger partial charge in [-0.1, -0.05) is 30.3 Å². The number of anilines is 1. The number of alkyl halides is 3. The van der Waals surface area contributed by atoms with Crippen molar-refractivity contribution < 1.29 is 17.9 Å². The second-order valence-corrected chi connectivity index (χ2v) is 5.50. The summed E-state index contributed by atoms with van der Waals surface area (Å²) >= 11 is 5.22. The lowest BCUT2D eigenvalue weighted by Crippen LogP contribution is -2.30. The van der Waals surface area contributed by atoms with Crippen LogP contribution < -0.4 is 10.6 Å². The van der Waals surface area contributed by atoms with Crippen molar-refractivity contribution in [2.75, 3.05) is 11.9 Å². The van der Waals surface area contributed by atoms with Gasteiger partial charge in [0, 0.05) is 0 Å². The molecule has 2 rings (SSSR count). The molecule has 1 aromatic heterocycles. The quantitative estimate of drug-likeness (QED) is 0.775. The lowest BCUT2D eigenvalue weighted by Gasteiger charge is -2.16. The van der Waals surface area contributed by atoms with E-state index in [0.717, 1.165) is 5.56 Å². The molecule has 0 aliphatic heterocycles. The summed E-state index contributed by atoms with van der Waals surface area (Å²) in [5.41, 5.74) is 1.64. The number of aromatic nitrogens is 2. The van der Waals surface area contributed by atoms with Crippen LogP contribution in [0.4, 0.5) is 18.9 Å². The van der Waals surface area contributed by atoms with Crippen LogP contribution in [0, 0.1) is 0 Å². The van der Waals surface area contributed by atoms with Gasteiger partial charge >= 0.3 is 6.18 Å². The number of halogens is 3. The highest BCUT2D eigenvalue weighted by Crippen LogP contribution is 2.15. The van der Waals surface area contributed by atoms with Crippen LogP contribution in [0.1, 0.15) is 18.5 Å². The summed E-state index contributed by atoms with van der Waals surface area (Å²) < 4.78 is 41.8. The Balaban J connectivity index is 1.80. The SMILES string of the molecule is CC(NC(=S)Nc1cnn(COCC(F)(F)F)c1)c1ccccc1. The van der Waals surface area contributed by atoms with E-state index in [9.17, 15) is 13.2 Å². The number of benzene rings is 1. The minimum atomic E-state index is -4.35. The van der Waals surface area contributed by atoms with Crippen LogP contribution in [-0.4, -0.2) is 27.7 Å². The Labute approximate surface area is 142 Å². The fourth-order valence-corrected chi connectivity index (χ4v) is 2.24. The van der Waals surface area contributed by atoms with E-state index in [1.165, 1.54) is 17.1 Å². The fraction of sp³-hybridized carbons (Fsp3) is 0.333. The number of hydrogen-bond acceptors (Lipinski definition) is 3. The van der Waals surface area contributed by atoms with Crippen molar-refractivity contribution in [2.45, 2.75) is 25.9 Å². The third kappa shape index (κ3) is 6.17. The van der Waals surface area contributed by atoms with Crippen molar-refractivity contribution in [3.63, 3.8) is 0 Å². The molecule has 1 atom stereocenters. The summed E-state index contributed by atoms with van der Waals surface area (Å²) in [5.74, 6) is 0. The van der Waals surface area contributed by atoms with Crippen LogP contribution in [0.2, 0.25) is 0 Å². The highest BCUT2D eigenvalue weighted by Gasteiger charge is 2.27. The van der Waals surface area contributed by atoms with Crippen LogP contribution in [0.25, 0.3) is 0 Å². The number of rotatable bonds is 6. The molecule has 0 spiro atoms. The first-order chi connectivity index (χ1) is 11.3. The third-order valence-electron chi connectivity index (χ3n) is 3.03. The van der Waals surface area contributed by atoms with Gasteiger partial charge in [0.05, 0.1) is 24.1 Å². The summed E-state index contributed by atoms with van der Waals surface area (Å²) in [6, 6.07) is 9.79. The summed E-state index contributed by atoms with van der Waals surface area (Å²) in [4.78, 5) is 0. The van der Waals surface area contributed by atoms with Crippen LogP contribution in [-0.2, 0) is 11.5 Å². The standard InChI is InChI=1S/C15H17F3N4OS/c1-11(12-5-3-2-4-6-12)20-14(24)21-13-7-19-22(8-13)10-23-9-15(16,17)18/h2-8,11H,9-10H2,1H3,(H2,20,21,24). The molecule has 24 heavy (non-hydrogen) atoms. The summed E-state index contributed by atoms with van der Waals surface area (Å²) in [7, 11) is 0. The Hall–Kier alpha value is -2.13. The molecule has 0 amide bonds. The Morgan fingerprint density at radius 3 is 2.71 bits per heavy atom. The lowest BCUT2D eigenvalue weighted by molar-refractivity contribution is -0.182. The van der Waals surface area contributed by atoms with E-state index in [-0.39, 0.29) is 12.8 Å². The number of hydrogen-bond donors (Lipinski definition) is 2. The largest absolute Gasteiger partial charge is 0.411 e. The van der Waals surface area contributed by atoms with Gasteiger partial charge in [-0.15, -0.1) is 0 Å². The van der Waals surface area contributed by atoms with Gasteiger partial charge in [0.25, 0.3) is 0 Å². The molecule has 1 aromatic carbocycles. The minimum absolute atomic E-state index is 0.0105. The normalized spacial score (nSPS) is 12.7. The number of nitrogens with zero attached hydrogens (tertiary/aromatic N) is 2. The van der Waals surface area contributed by atoms with Gasteiger partial charge in [0.1, 0.15) is 13.3 Å². The van der Waals surface area contributed by atoms with Gasteiger partial charge in [-0.25, -0.2) is 4.68 Å². The van der Waals surface area contributed by atoms with Crippen LogP contribution >= 0.6 is 12.2 Å². The Bertz CT molecular complexity index is 660. The first-order valence-electron chi connectivity index (χ1n) is 7.13. The molecule has 0 fully saturated rings. The molecule has 0 bridgehead atoms. The van der Waals surface area contributed by atoms with E-state index < -0.39 is 12.8 Å². The average Bonchev–Trinajstić information content (AvgIpc) is 2.94. The maximum Gasteiger partial charge on any atom is 0.411 e. The molecule has 5 nitrogen and oxygen atoms in total. The van der Waals surface area contributed by atoms with E-state index in [1.54, 1.807) is 0 Å². The van der Waals surface area contributed by atoms with Crippen molar-refractivity contribution in [2.24, 2.45) is 0 Å². The van der Waals surface area contributed by atoms with Crippen LogP contribution in [0.15, 0.2) is 42.7 Å². The molecular formula is C15H17F3N4OS. The number of thiocarbonyl (C=S) groups is 1. The second-order valence-electron chi connectivity index (χ2n) is 5.09. The average molecular weight is 358 g/mol. The van der Waals surface area contributed by atoms with Gasteiger partial charge in [0.15, 0.2) is 5.11 Å². The third-order valence-corrected chi connectivity index (χ3v) is 3.25. The molecule has 1 heterocycles. The van der Waals surface area contributed by atoms with Crippen molar-refractivity contribution in [1.82, 2.24) is 15.1 Å². The monoisotopic (exact) mass is 358 g/mol. The molecule has 0 radical (unpaired) electrons. The minimum Gasteiger partial charge on any atom is -0.356 e. The molecule has 130 valence electrons. The molecule has 0 aliphatic rings. The van der Waals surface area contributed by atoms with Crippen LogP contribution in [0.3, 0.4) is 0 Å². The molecule has 2 aromatic rings. The zero-order valence-electron chi connectivity index (χ0n) is 12.9. The van der Waals surface area contributed by atoms with Crippen molar-refractivity contribution in [3.05, 3.63) is 48.3 Å². The van der Waals surface area contributed by atoms with Crippen LogP contribution in [0.5, 0.6) is 0 Å². The van der Waals surface area contributed by atoms with Crippen molar-refractivity contribution in [3.8, 4) is 0 Å². The maximum atomic E-state index is 12.0. The Morgan fingerprint density at radius 2 is 2.04 bits per heavy atom. The predicted molar refractivity (Wildman–Crippen MR) is 88.4 cm³/mol. The number of nitrogens with one attached hydrogen (secondary N) is 2. The van der Waals surface area contributed by atoms with Gasteiger partial charge < -0.3 is 15.4 Å². The van der Waals surface area contributed by atoms with E-state index in [0.29, 0.717) is 10.8 Å². The first-order valence-corrected chi connectivity index (χ1v) is 7.54. The van der Waals surface area contributed by atoms with E-state index >= 15 is 0 Å². The van der Waals surface area contributed by atoms with Gasteiger partial charge in [0.2, 0.25) is 0 Å². The molecule has 2 N–H and O–H groups in total. The van der Waals surface area contributed by atoms with E-state index in [1.807, 2.05) is 37.3 Å². The fourth-order valence-electron chi connectivity index (χ4n) is 1.94. The molecular weight excluding hydrogens is 341 g/mol. The molecule has 1 unspecified atom stereocenters. The Kier molecular flexibility index (Phi) is 6.16. The zero-order valence-corrected chi connectivity index (χ0v) is 13.7. The van der Waals surface area contributed by atoms with Gasteiger partial charge in [-0.2, -0.15) is 18.3 Å². The summed E-state index contributed by atoms with van der Waals surface area (Å²) in [6.07, 6.45) is -1.39. The Morgan fingerprint density at radius 1 is 1.33 bits per heavy atom.